The molecule has 24 heavy (non-hydrogen) atoms. The third kappa shape index (κ3) is 4.39. The van der Waals surface area contributed by atoms with Gasteiger partial charge in [-0.3, -0.25) is 10.2 Å². The van der Waals surface area contributed by atoms with Crippen LogP contribution >= 0.6 is 0 Å². The second-order valence-electron chi connectivity index (χ2n) is 6.34. The molecule has 0 saturated carbocycles. The van der Waals surface area contributed by atoms with Gasteiger partial charge in [-0.2, -0.15) is 0 Å². The zero-order valence-electron chi connectivity index (χ0n) is 13.6. The summed E-state index contributed by atoms with van der Waals surface area (Å²) in [5.74, 6) is -1.28. The van der Waals surface area contributed by atoms with Gasteiger partial charge in [0.05, 0.1) is 4.90 Å². The lowest BCUT2D eigenvalue weighted by atomic mass is 9.87. The first-order chi connectivity index (χ1) is 11.1. The lowest BCUT2D eigenvalue weighted by Gasteiger charge is -2.19. The standard InChI is InChI=1S/C17H19FN2O3S/c1-17(2,3)13-9-7-12(8-10-13)16(21)19-20-24(22,23)15-6-4-5-14(18)11-15/h4-11,20H,1-3H3,(H,19,21). The summed E-state index contributed by atoms with van der Waals surface area (Å²) in [7, 11) is -4.04. The van der Waals surface area contributed by atoms with Gasteiger partial charge in [-0.05, 0) is 41.3 Å². The van der Waals surface area contributed by atoms with E-state index in [1.54, 1.807) is 12.1 Å². The van der Waals surface area contributed by atoms with E-state index in [2.05, 4.69) is 26.2 Å². The number of hydrazine groups is 1. The maximum absolute atomic E-state index is 13.1. The highest BCUT2D eigenvalue weighted by Crippen LogP contribution is 2.22. The molecule has 0 fully saturated rings. The maximum atomic E-state index is 13.1. The molecule has 1 amide bonds. The predicted octanol–water partition coefficient (Wildman–Crippen LogP) is 2.75. The Hall–Kier alpha value is -2.25. The Morgan fingerprint density at radius 1 is 1.04 bits per heavy atom. The smallest absolute Gasteiger partial charge is 0.266 e. The van der Waals surface area contributed by atoms with E-state index < -0.39 is 21.7 Å². The lowest BCUT2D eigenvalue weighted by molar-refractivity contribution is 0.0945. The summed E-state index contributed by atoms with van der Waals surface area (Å²) in [5.41, 5.74) is 3.43. The minimum absolute atomic E-state index is 0.0476. The van der Waals surface area contributed by atoms with Gasteiger partial charge in [0.2, 0.25) is 0 Å². The molecule has 2 aromatic rings. The maximum Gasteiger partial charge on any atom is 0.266 e. The minimum Gasteiger partial charge on any atom is -0.273 e. The summed E-state index contributed by atoms with van der Waals surface area (Å²) in [6, 6.07) is 11.4. The van der Waals surface area contributed by atoms with Crippen LogP contribution < -0.4 is 10.3 Å². The van der Waals surface area contributed by atoms with Crippen molar-refractivity contribution in [2.45, 2.75) is 31.1 Å². The quantitative estimate of drug-likeness (QED) is 0.833. The third-order valence-electron chi connectivity index (χ3n) is 3.42. The molecule has 0 saturated heterocycles. The first-order valence-electron chi connectivity index (χ1n) is 7.28. The normalized spacial score (nSPS) is 12.0. The Morgan fingerprint density at radius 3 is 2.21 bits per heavy atom. The van der Waals surface area contributed by atoms with Crippen LogP contribution in [-0.2, 0) is 15.4 Å². The summed E-state index contributed by atoms with van der Waals surface area (Å²) in [4.78, 5) is 13.7. The Kier molecular flexibility index (Phi) is 5.05. The van der Waals surface area contributed by atoms with Crippen molar-refractivity contribution in [2.24, 2.45) is 0 Å². The van der Waals surface area contributed by atoms with Crippen molar-refractivity contribution in [3.63, 3.8) is 0 Å². The molecule has 0 aliphatic heterocycles. The number of halogens is 1. The van der Waals surface area contributed by atoms with E-state index in [1.165, 1.54) is 12.1 Å². The lowest BCUT2D eigenvalue weighted by Crippen LogP contribution is -2.41. The molecule has 0 heterocycles. The van der Waals surface area contributed by atoms with E-state index in [4.69, 9.17) is 0 Å². The van der Waals surface area contributed by atoms with Crippen molar-refractivity contribution in [2.75, 3.05) is 0 Å². The largest absolute Gasteiger partial charge is 0.273 e. The molecule has 7 heteroatoms. The molecule has 0 aromatic heterocycles. The van der Waals surface area contributed by atoms with Gasteiger partial charge in [-0.1, -0.05) is 39.0 Å². The van der Waals surface area contributed by atoms with Crippen molar-refractivity contribution in [3.8, 4) is 0 Å². The Bertz CT molecular complexity index is 841. The number of nitrogens with one attached hydrogen (secondary N) is 2. The fraction of sp³-hybridized carbons (Fsp3) is 0.235. The second kappa shape index (κ2) is 6.70. The van der Waals surface area contributed by atoms with Gasteiger partial charge in [0, 0.05) is 5.56 Å². The summed E-state index contributed by atoms with van der Waals surface area (Å²) in [6.45, 7) is 6.15. The molecule has 0 unspecified atom stereocenters. The first-order valence-corrected chi connectivity index (χ1v) is 8.76. The van der Waals surface area contributed by atoms with E-state index in [9.17, 15) is 17.6 Å². The van der Waals surface area contributed by atoms with Crippen molar-refractivity contribution in [1.82, 2.24) is 10.3 Å². The van der Waals surface area contributed by atoms with Crippen LogP contribution in [0, 0.1) is 5.82 Å². The summed E-state index contributed by atoms with van der Waals surface area (Å²) in [5, 5.41) is 0. The van der Waals surface area contributed by atoms with Crippen LogP contribution in [0.5, 0.6) is 0 Å². The number of carbonyl (C=O) groups is 1. The molecule has 0 radical (unpaired) electrons. The molecule has 128 valence electrons. The van der Waals surface area contributed by atoms with E-state index in [-0.39, 0.29) is 10.3 Å². The van der Waals surface area contributed by atoms with Crippen LogP contribution in [0.3, 0.4) is 0 Å². The molecular weight excluding hydrogens is 331 g/mol. The van der Waals surface area contributed by atoms with Gasteiger partial charge in [0.15, 0.2) is 0 Å². The highest BCUT2D eigenvalue weighted by atomic mass is 32.2. The fourth-order valence-electron chi connectivity index (χ4n) is 2.00. The topological polar surface area (TPSA) is 75.3 Å². The number of amides is 1. The average Bonchev–Trinajstić information content (AvgIpc) is 2.52. The fourth-order valence-corrected chi connectivity index (χ4v) is 2.87. The van der Waals surface area contributed by atoms with Crippen molar-refractivity contribution in [3.05, 3.63) is 65.5 Å². The highest BCUT2D eigenvalue weighted by Gasteiger charge is 2.17. The molecule has 0 aliphatic rings. The van der Waals surface area contributed by atoms with Gasteiger partial charge < -0.3 is 0 Å². The summed E-state index contributed by atoms with van der Waals surface area (Å²) >= 11 is 0. The van der Waals surface area contributed by atoms with E-state index in [1.807, 2.05) is 17.0 Å². The van der Waals surface area contributed by atoms with Crippen LogP contribution in [0.25, 0.3) is 0 Å². The van der Waals surface area contributed by atoms with Gasteiger partial charge >= 0.3 is 0 Å². The van der Waals surface area contributed by atoms with E-state index in [0.29, 0.717) is 5.56 Å². The molecule has 0 atom stereocenters. The third-order valence-corrected chi connectivity index (χ3v) is 4.66. The zero-order valence-corrected chi connectivity index (χ0v) is 14.4. The van der Waals surface area contributed by atoms with Gasteiger partial charge in [0.1, 0.15) is 5.82 Å². The van der Waals surface area contributed by atoms with Crippen LogP contribution in [0.4, 0.5) is 4.39 Å². The molecule has 0 bridgehead atoms. The van der Waals surface area contributed by atoms with E-state index in [0.717, 1.165) is 17.7 Å². The number of benzene rings is 2. The average molecular weight is 350 g/mol. The van der Waals surface area contributed by atoms with Crippen LogP contribution in [0.2, 0.25) is 0 Å². The highest BCUT2D eigenvalue weighted by molar-refractivity contribution is 7.89. The van der Waals surface area contributed by atoms with Gasteiger partial charge in [0.25, 0.3) is 15.9 Å². The van der Waals surface area contributed by atoms with Gasteiger partial charge in [-0.15, -0.1) is 4.83 Å². The molecule has 0 spiro atoms. The molecule has 2 rings (SSSR count). The van der Waals surface area contributed by atoms with Gasteiger partial charge in [-0.25, -0.2) is 12.8 Å². The number of rotatable bonds is 4. The van der Waals surface area contributed by atoms with Crippen molar-refractivity contribution >= 4 is 15.9 Å². The SMILES string of the molecule is CC(C)(C)c1ccc(C(=O)NNS(=O)(=O)c2cccc(F)c2)cc1. The van der Waals surface area contributed by atoms with Crippen LogP contribution in [-0.4, -0.2) is 14.3 Å². The van der Waals surface area contributed by atoms with Crippen molar-refractivity contribution in [1.29, 1.82) is 0 Å². The number of hydrogen-bond acceptors (Lipinski definition) is 3. The minimum atomic E-state index is -4.04. The monoisotopic (exact) mass is 350 g/mol. The van der Waals surface area contributed by atoms with Crippen molar-refractivity contribution < 1.29 is 17.6 Å². The number of sulfonamides is 1. The van der Waals surface area contributed by atoms with Crippen LogP contribution in [0.15, 0.2) is 53.4 Å². The molecule has 2 N–H and O–H groups in total. The number of carbonyl (C=O) groups excluding carboxylic acids is 1. The Labute approximate surface area is 140 Å². The van der Waals surface area contributed by atoms with E-state index >= 15 is 0 Å². The Balaban J connectivity index is 2.07. The van der Waals surface area contributed by atoms with Crippen LogP contribution in [0.1, 0.15) is 36.7 Å². The first kappa shape index (κ1) is 18.1. The molecule has 2 aromatic carbocycles. The molecule has 5 nitrogen and oxygen atoms in total. The summed E-state index contributed by atoms with van der Waals surface area (Å²) < 4.78 is 37.1. The Morgan fingerprint density at radius 2 is 1.67 bits per heavy atom. The predicted molar refractivity (Wildman–Crippen MR) is 89.3 cm³/mol. The number of hydrogen-bond donors (Lipinski definition) is 2. The second-order valence-corrected chi connectivity index (χ2v) is 8.03. The molecule has 0 aliphatic carbocycles. The summed E-state index contributed by atoms with van der Waals surface area (Å²) in [6.07, 6.45) is 0. The zero-order chi connectivity index (χ0) is 18.0. The molecular formula is C17H19FN2O3S.